The highest BCUT2D eigenvalue weighted by atomic mass is 15.3. The van der Waals surface area contributed by atoms with Crippen LogP contribution in [-0.2, 0) is 12.8 Å². The van der Waals surface area contributed by atoms with Gasteiger partial charge in [-0.3, -0.25) is 0 Å². The summed E-state index contributed by atoms with van der Waals surface area (Å²) < 4.78 is 0. The Labute approximate surface area is 103 Å². The first-order chi connectivity index (χ1) is 8.12. The number of aromatic nitrogens is 3. The number of nitrogens with zero attached hydrogens (tertiary/aromatic N) is 4. The number of aryl methyl sites for hydroxylation is 2. The molecule has 1 aromatic rings. The van der Waals surface area contributed by atoms with Crippen LogP contribution in [0.25, 0.3) is 0 Å². The van der Waals surface area contributed by atoms with Crippen molar-refractivity contribution in [2.75, 3.05) is 25.0 Å². The third kappa shape index (κ3) is 3.63. The van der Waals surface area contributed by atoms with Crippen LogP contribution in [0.4, 0.5) is 5.95 Å². The molecule has 1 rings (SSSR count). The van der Waals surface area contributed by atoms with Gasteiger partial charge in [0.05, 0.1) is 11.4 Å². The third-order valence-electron chi connectivity index (χ3n) is 2.83. The molecule has 0 aliphatic heterocycles. The summed E-state index contributed by atoms with van der Waals surface area (Å²) in [5.41, 5.74) is 7.66. The topological polar surface area (TPSA) is 67.9 Å². The largest absolute Gasteiger partial charge is 0.342 e. The van der Waals surface area contributed by atoms with Crippen molar-refractivity contribution in [2.24, 2.45) is 11.7 Å². The Morgan fingerprint density at radius 2 is 1.82 bits per heavy atom. The second-order valence-corrected chi connectivity index (χ2v) is 4.43. The van der Waals surface area contributed by atoms with E-state index in [0.717, 1.165) is 30.8 Å². The number of anilines is 1. The van der Waals surface area contributed by atoms with E-state index in [0.29, 0.717) is 18.4 Å². The van der Waals surface area contributed by atoms with Crippen molar-refractivity contribution in [1.82, 2.24) is 15.2 Å². The Kier molecular flexibility index (Phi) is 5.28. The number of rotatable bonds is 6. The van der Waals surface area contributed by atoms with Gasteiger partial charge in [-0.2, -0.15) is 5.10 Å². The van der Waals surface area contributed by atoms with Crippen LogP contribution in [0.1, 0.15) is 32.2 Å². The highest BCUT2D eigenvalue weighted by Gasteiger charge is 2.11. The zero-order chi connectivity index (χ0) is 12.8. The van der Waals surface area contributed by atoms with Crippen LogP contribution in [0.3, 0.4) is 0 Å². The van der Waals surface area contributed by atoms with Gasteiger partial charge in [-0.1, -0.05) is 20.8 Å². The maximum Gasteiger partial charge on any atom is 0.245 e. The van der Waals surface area contributed by atoms with Crippen molar-refractivity contribution in [1.29, 1.82) is 0 Å². The zero-order valence-electron chi connectivity index (χ0n) is 11.3. The molecule has 1 unspecified atom stereocenters. The smallest absolute Gasteiger partial charge is 0.245 e. The lowest BCUT2D eigenvalue weighted by Gasteiger charge is -2.20. The summed E-state index contributed by atoms with van der Waals surface area (Å²) in [7, 11) is 1.98. The Bertz CT molecular complexity index is 353. The molecule has 1 aromatic heterocycles. The Morgan fingerprint density at radius 1 is 1.18 bits per heavy atom. The van der Waals surface area contributed by atoms with Crippen molar-refractivity contribution in [2.45, 2.75) is 33.6 Å². The lowest BCUT2D eigenvalue weighted by Crippen LogP contribution is -2.30. The van der Waals surface area contributed by atoms with Gasteiger partial charge in [-0.15, -0.1) is 5.10 Å². The van der Waals surface area contributed by atoms with Crippen LogP contribution in [0, 0.1) is 5.92 Å². The van der Waals surface area contributed by atoms with Crippen LogP contribution in [0.15, 0.2) is 0 Å². The van der Waals surface area contributed by atoms with Gasteiger partial charge in [0.25, 0.3) is 0 Å². The minimum Gasteiger partial charge on any atom is -0.342 e. The first kappa shape index (κ1) is 13.8. The van der Waals surface area contributed by atoms with Crippen LogP contribution in [0.2, 0.25) is 0 Å². The molecule has 2 N–H and O–H groups in total. The summed E-state index contributed by atoms with van der Waals surface area (Å²) in [6.07, 6.45) is 1.78. The van der Waals surface area contributed by atoms with Crippen molar-refractivity contribution in [3.8, 4) is 0 Å². The van der Waals surface area contributed by atoms with E-state index >= 15 is 0 Å². The van der Waals surface area contributed by atoms with Gasteiger partial charge in [0.1, 0.15) is 0 Å². The molecule has 96 valence electrons. The molecule has 0 amide bonds. The van der Waals surface area contributed by atoms with E-state index in [2.05, 4.69) is 36.0 Å². The summed E-state index contributed by atoms with van der Waals surface area (Å²) in [6.45, 7) is 7.81. The predicted octanol–water partition coefficient (Wildman–Crippen LogP) is 1.03. The van der Waals surface area contributed by atoms with Gasteiger partial charge in [-0.05, 0) is 25.3 Å². The first-order valence-electron chi connectivity index (χ1n) is 6.25. The molecule has 0 aromatic carbocycles. The van der Waals surface area contributed by atoms with Crippen molar-refractivity contribution in [3.63, 3.8) is 0 Å². The van der Waals surface area contributed by atoms with E-state index in [9.17, 15) is 0 Å². The molecule has 17 heavy (non-hydrogen) atoms. The summed E-state index contributed by atoms with van der Waals surface area (Å²) in [5, 5.41) is 8.41. The standard InChI is InChI=1S/C12H23N5/c1-5-10-11(6-2)15-16-12(14-10)17(4)8-9(3)7-13/h9H,5-8,13H2,1-4H3. The minimum atomic E-state index is 0.430. The maximum atomic E-state index is 5.62. The number of hydrogen-bond donors (Lipinski definition) is 1. The highest BCUT2D eigenvalue weighted by molar-refractivity contribution is 5.29. The fourth-order valence-corrected chi connectivity index (χ4v) is 1.71. The Balaban J connectivity index is 2.84. The lowest BCUT2D eigenvalue weighted by molar-refractivity contribution is 0.580. The van der Waals surface area contributed by atoms with Gasteiger partial charge >= 0.3 is 0 Å². The molecule has 0 radical (unpaired) electrons. The molecule has 1 heterocycles. The van der Waals surface area contributed by atoms with Gasteiger partial charge < -0.3 is 10.6 Å². The van der Waals surface area contributed by atoms with Crippen LogP contribution in [0.5, 0.6) is 0 Å². The van der Waals surface area contributed by atoms with Gasteiger partial charge in [0.15, 0.2) is 0 Å². The van der Waals surface area contributed by atoms with E-state index in [1.165, 1.54) is 0 Å². The zero-order valence-corrected chi connectivity index (χ0v) is 11.3. The van der Waals surface area contributed by atoms with Crippen molar-refractivity contribution < 1.29 is 0 Å². The van der Waals surface area contributed by atoms with Crippen molar-refractivity contribution >= 4 is 5.95 Å². The molecule has 5 nitrogen and oxygen atoms in total. The SMILES string of the molecule is CCc1nnc(N(C)CC(C)CN)nc1CC. The van der Waals surface area contributed by atoms with Crippen molar-refractivity contribution in [3.05, 3.63) is 11.4 Å². The highest BCUT2D eigenvalue weighted by Crippen LogP contribution is 2.10. The molecule has 1 atom stereocenters. The molecule has 0 aliphatic carbocycles. The second kappa shape index (κ2) is 6.49. The summed E-state index contributed by atoms with van der Waals surface area (Å²) in [6, 6.07) is 0. The molecule has 0 bridgehead atoms. The first-order valence-corrected chi connectivity index (χ1v) is 6.25. The molecule has 0 spiro atoms. The second-order valence-electron chi connectivity index (χ2n) is 4.43. The normalized spacial score (nSPS) is 12.5. The summed E-state index contributed by atoms with van der Waals surface area (Å²) >= 11 is 0. The molecule has 0 saturated heterocycles. The molecule has 0 aliphatic rings. The average molecular weight is 237 g/mol. The van der Waals surface area contributed by atoms with Gasteiger partial charge in [-0.25, -0.2) is 4.98 Å². The van der Waals surface area contributed by atoms with Gasteiger partial charge in [0, 0.05) is 13.6 Å². The molecular weight excluding hydrogens is 214 g/mol. The lowest BCUT2D eigenvalue weighted by atomic mass is 10.2. The van der Waals surface area contributed by atoms with Crippen LogP contribution in [-0.4, -0.2) is 35.3 Å². The third-order valence-corrected chi connectivity index (χ3v) is 2.83. The van der Waals surface area contributed by atoms with E-state index in [1.807, 2.05) is 11.9 Å². The maximum absolute atomic E-state index is 5.62. The molecule has 5 heteroatoms. The summed E-state index contributed by atoms with van der Waals surface area (Å²) in [4.78, 5) is 6.58. The predicted molar refractivity (Wildman–Crippen MR) is 70.1 cm³/mol. The summed E-state index contributed by atoms with van der Waals surface area (Å²) in [5.74, 6) is 1.12. The quantitative estimate of drug-likeness (QED) is 0.800. The fourth-order valence-electron chi connectivity index (χ4n) is 1.71. The monoisotopic (exact) mass is 237 g/mol. The number of nitrogens with two attached hydrogens (primary N) is 1. The van der Waals surface area contributed by atoms with E-state index < -0.39 is 0 Å². The van der Waals surface area contributed by atoms with E-state index in [1.54, 1.807) is 0 Å². The Morgan fingerprint density at radius 3 is 2.35 bits per heavy atom. The molecule has 0 fully saturated rings. The molecular formula is C12H23N5. The Hall–Kier alpha value is -1.23. The average Bonchev–Trinajstić information content (AvgIpc) is 2.37. The fraction of sp³-hybridized carbons (Fsp3) is 0.750. The van der Waals surface area contributed by atoms with Crippen LogP contribution < -0.4 is 10.6 Å². The molecule has 0 saturated carbocycles. The van der Waals surface area contributed by atoms with Gasteiger partial charge in [0.2, 0.25) is 5.95 Å². The number of hydrogen-bond acceptors (Lipinski definition) is 5. The van der Waals surface area contributed by atoms with Crippen LogP contribution >= 0.6 is 0 Å². The van der Waals surface area contributed by atoms with E-state index in [-0.39, 0.29) is 0 Å². The van der Waals surface area contributed by atoms with E-state index in [4.69, 9.17) is 5.73 Å². The minimum absolute atomic E-state index is 0.430.